The van der Waals surface area contributed by atoms with Crippen molar-refractivity contribution in [2.24, 2.45) is 42.6 Å². The van der Waals surface area contributed by atoms with Crippen LogP contribution < -0.4 is 0 Å². The van der Waals surface area contributed by atoms with Crippen LogP contribution in [0.3, 0.4) is 0 Å². The van der Waals surface area contributed by atoms with Gasteiger partial charge in [-0.2, -0.15) is 5.10 Å². The molecule has 35 heavy (non-hydrogen) atoms. The number of Topliss-reactive ketones (excluding diaryl/α,β-unsaturated/α-hetero) is 1. The van der Waals surface area contributed by atoms with Gasteiger partial charge in [0.05, 0.1) is 6.20 Å². The summed E-state index contributed by atoms with van der Waals surface area (Å²) in [6.45, 7) is 0.957. The quantitative estimate of drug-likeness (QED) is 0.437. The number of hydrogen-bond acceptors (Lipinski definition) is 2. The molecule has 0 amide bonds. The highest BCUT2D eigenvalue weighted by atomic mass is 19.3. The molecule has 1 aromatic heterocycles. The van der Waals surface area contributed by atoms with Gasteiger partial charge in [0.25, 0.3) is 5.92 Å². The second-order valence-electron chi connectivity index (χ2n) is 12.3. The lowest BCUT2D eigenvalue weighted by atomic mass is 9.72. The first kappa shape index (κ1) is 23.4. The summed E-state index contributed by atoms with van der Waals surface area (Å²) in [5, 5.41) is 4.35. The van der Waals surface area contributed by atoms with Gasteiger partial charge >= 0.3 is 0 Å². The Morgan fingerprint density at radius 1 is 0.943 bits per heavy atom. The van der Waals surface area contributed by atoms with E-state index >= 15 is 0 Å². The Kier molecular flexibility index (Phi) is 5.88. The molecule has 4 aliphatic carbocycles. The van der Waals surface area contributed by atoms with Crippen LogP contribution in [-0.2, 0) is 17.8 Å². The molecule has 4 aliphatic rings. The maximum absolute atomic E-state index is 13.8. The van der Waals surface area contributed by atoms with E-state index in [1.54, 1.807) is 12.1 Å². The van der Waals surface area contributed by atoms with Crippen LogP contribution >= 0.6 is 0 Å². The van der Waals surface area contributed by atoms with Gasteiger partial charge in [-0.25, -0.2) is 8.78 Å². The molecule has 6 rings (SSSR count). The second kappa shape index (κ2) is 8.81. The van der Waals surface area contributed by atoms with Crippen molar-refractivity contribution in [2.75, 3.05) is 0 Å². The molecule has 0 N–H and O–H groups in total. The molecule has 0 aliphatic heterocycles. The summed E-state index contributed by atoms with van der Waals surface area (Å²) in [7, 11) is 1.99. The molecule has 0 saturated heterocycles. The van der Waals surface area contributed by atoms with Gasteiger partial charge in [-0.1, -0.05) is 18.2 Å². The van der Waals surface area contributed by atoms with Crippen LogP contribution in [0, 0.1) is 35.5 Å². The van der Waals surface area contributed by atoms with E-state index in [-0.39, 0.29) is 17.4 Å². The van der Waals surface area contributed by atoms with Gasteiger partial charge < -0.3 is 0 Å². The molecule has 4 saturated carbocycles. The number of benzene rings is 1. The summed E-state index contributed by atoms with van der Waals surface area (Å²) in [5.41, 5.74) is 2.47. The van der Waals surface area contributed by atoms with Crippen LogP contribution in [0.15, 0.2) is 36.7 Å². The number of carbonyl (C=O) groups excluding carboxylic acids is 1. The molecule has 0 bridgehead atoms. The molecule has 0 spiro atoms. The Labute approximate surface area is 207 Å². The smallest absolute Gasteiger partial charge is 0.270 e. The zero-order valence-corrected chi connectivity index (χ0v) is 21.0. The third-order valence-electron chi connectivity index (χ3n) is 10.1. The number of hydrogen-bond donors (Lipinski definition) is 0. The number of aromatic nitrogens is 2. The topological polar surface area (TPSA) is 34.9 Å². The van der Waals surface area contributed by atoms with Crippen LogP contribution in [0.2, 0.25) is 0 Å². The Hall–Kier alpha value is -2.04. The first-order valence-corrected chi connectivity index (χ1v) is 13.8. The molecule has 188 valence electrons. The summed E-state index contributed by atoms with van der Waals surface area (Å²) in [6.07, 6.45) is 14.6. The summed E-state index contributed by atoms with van der Waals surface area (Å²) >= 11 is 0. The second-order valence-corrected chi connectivity index (χ2v) is 12.3. The maximum Gasteiger partial charge on any atom is 0.270 e. The minimum Gasteiger partial charge on any atom is -0.299 e. The van der Waals surface area contributed by atoms with Crippen molar-refractivity contribution in [2.45, 2.75) is 82.5 Å². The van der Waals surface area contributed by atoms with E-state index in [0.717, 1.165) is 43.6 Å². The number of fused-ring (bicyclic) bond motifs is 1. The average molecular weight is 481 g/mol. The highest BCUT2D eigenvalue weighted by Gasteiger charge is 2.61. The number of rotatable bonds is 6. The third kappa shape index (κ3) is 4.49. The molecule has 0 radical (unpaired) electrons. The largest absolute Gasteiger partial charge is 0.299 e. The van der Waals surface area contributed by atoms with E-state index in [4.69, 9.17) is 0 Å². The third-order valence-corrected chi connectivity index (χ3v) is 10.1. The van der Waals surface area contributed by atoms with E-state index in [9.17, 15) is 13.6 Å². The predicted molar refractivity (Wildman–Crippen MR) is 132 cm³/mol. The maximum atomic E-state index is 13.8. The standard InChI is InChI=1S/C30H38F2N2O/c1-30(31,32)25-5-3-4-20(13-25)21-10-11-22(12-21)29(35)28-26-14-23(15-27(26)28)18-6-8-19(9-7-18)24-16-33-34(2)17-24/h3-5,13,16-19,21-23,26-28H,6-12,14-15H2,1-2H3/t18?,19?,21?,22?,23?,26-,27+,28?. The van der Waals surface area contributed by atoms with Gasteiger partial charge in [0.2, 0.25) is 0 Å². The van der Waals surface area contributed by atoms with Gasteiger partial charge in [-0.3, -0.25) is 9.48 Å². The van der Waals surface area contributed by atoms with Crippen molar-refractivity contribution in [3.63, 3.8) is 0 Å². The molecule has 1 heterocycles. The first-order chi connectivity index (χ1) is 16.8. The van der Waals surface area contributed by atoms with Gasteiger partial charge in [0.1, 0.15) is 5.78 Å². The molecule has 4 unspecified atom stereocenters. The molecule has 2 aromatic rings. The van der Waals surface area contributed by atoms with E-state index in [1.807, 2.05) is 24.0 Å². The van der Waals surface area contributed by atoms with Crippen LogP contribution in [-0.4, -0.2) is 15.6 Å². The lowest BCUT2D eigenvalue weighted by Crippen LogP contribution is -2.23. The molecule has 4 fully saturated rings. The first-order valence-electron chi connectivity index (χ1n) is 13.8. The molecule has 1 aromatic carbocycles. The minimum atomic E-state index is -2.82. The van der Waals surface area contributed by atoms with Crippen molar-refractivity contribution in [3.8, 4) is 0 Å². The monoisotopic (exact) mass is 480 g/mol. The fourth-order valence-electron chi connectivity index (χ4n) is 8.15. The summed E-state index contributed by atoms with van der Waals surface area (Å²) in [5.74, 6) is 1.95. The van der Waals surface area contributed by atoms with Crippen molar-refractivity contribution in [3.05, 3.63) is 53.3 Å². The molecule has 5 heteroatoms. The van der Waals surface area contributed by atoms with Crippen molar-refractivity contribution >= 4 is 5.78 Å². The van der Waals surface area contributed by atoms with E-state index in [2.05, 4.69) is 11.3 Å². The SMILES string of the molecule is Cn1cc(C2CCC(C3C[C@@H]4C(C(=O)C5CCC(c6cccc(C(C)(F)F)c6)C5)[C@@H]4C3)CC2)cn1. The Morgan fingerprint density at radius 3 is 2.31 bits per heavy atom. The van der Waals surface area contributed by atoms with Crippen LogP contribution in [0.4, 0.5) is 8.78 Å². The van der Waals surface area contributed by atoms with E-state index < -0.39 is 5.92 Å². The van der Waals surface area contributed by atoms with Gasteiger partial charge in [0, 0.05) is 37.6 Å². The minimum absolute atomic E-state index is 0.0852. The zero-order chi connectivity index (χ0) is 24.3. The molecule has 3 nitrogen and oxygen atoms in total. The van der Waals surface area contributed by atoms with Gasteiger partial charge in [-0.15, -0.1) is 0 Å². The van der Waals surface area contributed by atoms with Crippen molar-refractivity contribution in [1.29, 1.82) is 0 Å². The molecular formula is C30H38F2N2O. The zero-order valence-electron chi connectivity index (χ0n) is 21.0. The number of carbonyl (C=O) groups is 1. The Bertz CT molecular complexity index is 1070. The van der Waals surface area contributed by atoms with E-state index in [1.165, 1.54) is 50.2 Å². The van der Waals surface area contributed by atoms with Crippen molar-refractivity contribution in [1.82, 2.24) is 9.78 Å². The lowest BCUT2D eigenvalue weighted by Gasteiger charge is -2.33. The molecule has 6 atom stereocenters. The highest BCUT2D eigenvalue weighted by Crippen LogP contribution is 2.64. The number of nitrogens with zero attached hydrogens (tertiary/aromatic N) is 2. The van der Waals surface area contributed by atoms with Crippen LogP contribution in [0.5, 0.6) is 0 Å². The predicted octanol–water partition coefficient (Wildman–Crippen LogP) is 7.23. The fourth-order valence-corrected chi connectivity index (χ4v) is 8.15. The van der Waals surface area contributed by atoms with E-state index in [0.29, 0.717) is 29.5 Å². The summed E-state index contributed by atoms with van der Waals surface area (Å²) < 4.78 is 29.5. The highest BCUT2D eigenvalue weighted by molar-refractivity contribution is 5.87. The number of aryl methyl sites for hydroxylation is 1. The molecular weight excluding hydrogens is 442 g/mol. The lowest BCUT2D eigenvalue weighted by molar-refractivity contribution is -0.124. The van der Waals surface area contributed by atoms with Gasteiger partial charge in [-0.05, 0) is 110 Å². The van der Waals surface area contributed by atoms with Crippen LogP contribution in [0.1, 0.15) is 93.2 Å². The van der Waals surface area contributed by atoms with Gasteiger partial charge in [0.15, 0.2) is 0 Å². The number of alkyl halides is 2. The van der Waals surface area contributed by atoms with Crippen molar-refractivity contribution < 1.29 is 13.6 Å². The van der Waals surface area contributed by atoms with Crippen LogP contribution in [0.25, 0.3) is 0 Å². The fraction of sp³-hybridized carbons (Fsp3) is 0.667. The normalized spacial score (nSPS) is 36.8. The summed E-state index contributed by atoms with van der Waals surface area (Å²) in [6, 6.07) is 6.88. The Balaban J connectivity index is 0.994. The average Bonchev–Trinajstić information content (AvgIpc) is 3.31. The summed E-state index contributed by atoms with van der Waals surface area (Å²) in [4.78, 5) is 13.4. The number of halogens is 2. The Morgan fingerprint density at radius 2 is 1.66 bits per heavy atom. The number of ketones is 1.